The van der Waals surface area contributed by atoms with Crippen LogP contribution in [0, 0.1) is 5.92 Å². The lowest BCUT2D eigenvalue weighted by Gasteiger charge is -2.27. The highest BCUT2D eigenvalue weighted by Crippen LogP contribution is 2.14. The van der Waals surface area contributed by atoms with Crippen molar-refractivity contribution in [2.45, 2.75) is 26.8 Å². The van der Waals surface area contributed by atoms with E-state index < -0.39 is 5.97 Å². The SMILES string of the molecule is CC(C)C(C)N(C)c1nccc(C(=O)O)n1. The topological polar surface area (TPSA) is 66.3 Å². The number of hydrogen-bond acceptors (Lipinski definition) is 4. The van der Waals surface area contributed by atoms with E-state index in [0.29, 0.717) is 11.9 Å². The Morgan fingerprint density at radius 3 is 2.56 bits per heavy atom. The first-order chi connectivity index (χ1) is 7.43. The molecule has 0 fully saturated rings. The molecule has 0 bridgehead atoms. The number of nitrogens with zero attached hydrogens (tertiary/aromatic N) is 3. The molecule has 0 aliphatic carbocycles. The van der Waals surface area contributed by atoms with Crippen LogP contribution in [0.4, 0.5) is 5.95 Å². The van der Waals surface area contributed by atoms with Gasteiger partial charge in [-0.2, -0.15) is 0 Å². The molecule has 0 aliphatic rings. The molecule has 0 saturated carbocycles. The van der Waals surface area contributed by atoms with Crippen LogP contribution in [-0.2, 0) is 0 Å². The Morgan fingerprint density at radius 2 is 2.06 bits per heavy atom. The van der Waals surface area contributed by atoms with Gasteiger partial charge in [0.1, 0.15) is 0 Å². The second kappa shape index (κ2) is 4.92. The maximum atomic E-state index is 10.8. The molecule has 0 radical (unpaired) electrons. The number of rotatable bonds is 4. The van der Waals surface area contributed by atoms with Gasteiger partial charge in [-0.1, -0.05) is 13.8 Å². The summed E-state index contributed by atoms with van der Waals surface area (Å²) >= 11 is 0. The highest BCUT2D eigenvalue weighted by Gasteiger charge is 2.17. The highest BCUT2D eigenvalue weighted by molar-refractivity contribution is 5.85. The highest BCUT2D eigenvalue weighted by atomic mass is 16.4. The van der Waals surface area contributed by atoms with Crippen LogP contribution in [-0.4, -0.2) is 34.1 Å². The van der Waals surface area contributed by atoms with E-state index in [9.17, 15) is 4.79 Å². The Kier molecular flexibility index (Phi) is 3.82. The fraction of sp³-hybridized carbons (Fsp3) is 0.545. The molecular formula is C11H17N3O2. The van der Waals surface area contributed by atoms with E-state index in [4.69, 9.17) is 5.11 Å². The van der Waals surface area contributed by atoms with Crippen molar-refractivity contribution in [2.24, 2.45) is 5.92 Å². The van der Waals surface area contributed by atoms with Gasteiger partial charge in [-0.05, 0) is 18.9 Å². The maximum absolute atomic E-state index is 10.8. The first-order valence-corrected chi connectivity index (χ1v) is 5.22. The third-order valence-electron chi connectivity index (χ3n) is 2.75. The predicted octanol–water partition coefficient (Wildman–Crippen LogP) is 1.66. The average Bonchev–Trinajstić information content (AvgIpc) is 2.27. The molecule has 0 spiro atoms. The normalized spacial score (nSPS) is 12.6. The van der Waals surface area contributed by atoms with E-state index in [1.54, 1.807) is 0 Å². The van der Waals surface area contributed by atoms with Crippen LogP contribution in [0.2, 0.25) is 0 Å². The van der Waals surface area contributed by atoms with Gasteiger partial charge in [0.15, 0.2) is 5.69 Å². The van der Waals surface area contributed by atoms with E-state index in [0.717, 1.165) is 0 Å². The number of carboxylic acids is 1. The molecule has 0 saturated heterocycles. The average molecular weight is 223 g/mol. The lowest BCUT2D eigenvalue weighted by atomic mass is 10.1. The zero-order chi connectivity index (χ0) is 12.3. The molecule has 88 valence electrons. The second-order valence-corrected chi connectivity index (χ2v) is 4.14. The Balaban J connectivity index is 2.95. The first-order valence-electron chi connectivity index (χ1n) is 5.22. The van der Waals surface area contributed by atoms with Crippen LogP contribution in [0.1, 0.15) is 31.3 Å². The van der Waals surface area contributed by atoms with Crippen LogP contribution < -0.4 is 4.90 Å². The summed E-state index contributed by atoms with van der Waals surface area (Å²) in [6, 6.07) is 1.64. The van der Waals surface area contributed by atoms with Gasteiger partial charge in [-0.15, -0.1) is 0 Å². The Morgan fingerprint density at radius 1 is 1.44 bits per heavy atom. The molecule has 1 atom stereocenters. The summed E-state index contributed by atoms with van der Waals surface area (Å²) in [4.78, 5) is 20.7. The van der Waals surface area contributed by atoms with Gasteiger partial charge in [0.05, 0.1) is 0 Å². The van der Waals surface area contributed by atoms with Gasteiger partial charge in [0.2, 0.25) is 5.95 Å². The third-order valence-corrected chi connectivity index (χ3v) is 2.75. The van der Waals surface area contributed by atoms with Gasteiger partial charge in [-0.25, -0.2) is 14.8 Å². The fourth-order valence-electron chi connectivity index (χ4n) is 1.27. The molecule has 5 heteroatoms. The molecule has 1 aromatic heterocycles. The number of aromatic nitrogens is 2. The Hall–Kier alpha value is -1.65. The minimum absolute atomic E-state index is 0.0211. The molecule has 0 amide bonds. The van der Waals surface area contributed by atoms with Crippen LogP contribution in [0.15, 0.2) is 12.3 Å². The summed E-state index contributed by atoms with van der Waals surface area (Å²) in [5.41, 5.74) is 0.0211. The lowest BCUT2D eigenvalue weighted by molar-refractivity contribution is 0.0690. The van der Waals surface area contributed by atoms with Crippen molar-refractivity contribution >= 4 is 11.9 Å². The van der Waals surface area contributed by atoms with Gasteiger partial charge < -0.3 is 10.0 Å². The van der Waals surface area contributed by atoms with E-state index >= 15 is 0 Å². The van der Waals surface area contributed by atoms with Crippen molar-refractivity contribution in [1.82, 2.24) is 9.97 Å². The van der Waals surface area contributed by atoms with E-state index in [-0.39, 0.29) is 11.7 Å². The maximum Gasteiger partial charge on any atom is 0.354 e. The standard InChI is InChI=1S/C11H17N3O2/c1-7(2)8(3)14(4)11-12-6-5-9(13-11)10(15)16/h5-8H,1-4H3,(H,15,16). The summed E-state index contributed by atoms with van der Waals surface area (Å²) < 4.78 is 0. The minimum Gasteiger partial charge on any atom is -0.477 e. The third kappa shape index (κ3) is 2.68. The zero-order valence-electron chi connectivity index (χ0n) is 10.0. The molecule has 0 aromatic carbocycles. The summed E-state index contributed by atoms with van der Waals surface area (Å²) in [5, 5.41) is 8.83. The molecule has 0 aliphatic heterocycles. The lowest BCUT2D eigenvalue weighted by Crippen LogP contribution is -2.34. The van der Waals surface area contributed by atoms with Crippen LogP contribution in [0.5, 0.6) is 0 Å². The first kappa shape index (κ1) is 12.4. The number of hydrogen-bond donors (Lipinski definition) is 1. The molecular weight excluding hydrogens is 206 g/mol. The van der Waals surface area contributed by atoms with Crippen molar-refractivity contribution in [3.8, 4) is 0 Å². The molecule has 16 heavy (non-hydrogen) atoms. The summed E-state index contributed by atoms with van der Waals surface area (Å²) in [6.07, 6.45) is 1.47. The monoisotopic (exact) mass is 223 g/mol. The van der Waals surface area contributed by atoms with Crippen LogP contribution >= 0.6 is 0 Å². The van der Waals surface area contributed by atoms with Crippen molar-refractivity contribution in [2.75, 3.05) is 11.9 Å². The molecule has 1 N–H and O–H groups in total. The van der Waals surface area contributed by atoms with E-state index in [2.05, 4.69) is 30.7 Å². The Labute approximate surface area is 95.1 Å². The van der Waals surface area contributed by atoms with E-state index in [1.165, 1.54) is 12.3 Å². The zero-order valence-corrected chi connectivity index (χ0v) is 10.0. The number of carboxylic acid groups (broad SMARTS) is 1. The largest absolute Gasteiger partial charge is 0.477 e. The molecule has 5 nitrogen and oxygen atoms in total. The predicted molar refractivity (Wildman–Crippen MR) is 61.7 cm³/mol. The van der Waals surface area contributed by atoms with Crippen LogP contribution in [0.25, 0.3) is 0 Å². The molecule has 1 unspecified atom stereocenters. The van der Waals surface area contributed by atoms with Gasteiger partial charge >= 0.3 is 5.97 Å². The summed E-state index contributed by atoms with van der Waals surface area (Å²) in [7, 11) is 1.87. The number of carbonyl (C=O) groups is 1. The quantitative estimate of drug-likeness (QED) is 0.840. The van der Waals surface area contributed by atoms with Crippen LogP contribution in [0.3, 0.4) is 0 Å². The van der Waals surface area contributed by atoms with Gasteiger partial charge in [-0.3, -0.25) is 0 Å². The van der Waals surface area contributed by atoms with E-state index in [1.807, 2.05) is 11.9 Å². The van der Waals surface area contributed by atoms with Gasteiger partial charge in [0.25, 0.3) is 0 Å². The van der Waals surface area contributed by atoms with Crippen molar-refractivity contribution in [3.63, 3.8) is 0 Å². The van der Waals surface area contributed by atoms with Crippen molar-refractivity contribution in [1.29, 1.82) is 0 Å². The molecule has 1 heterocycles. The minimum atomic E-state index is -1.03. The number of anilines is 1. The smallest absolute Gasteiger partial charge is 0.354 e. The van der Waals surface area contributed by atoms with Gasteiger partial charge in [0, 0.05) is 19.3 Å². The Bertz CT molecular complexity index is 379. The second-order valence-electron chi connectivity index (χ2n) is 4.14. The summed E-state index contributed by atoms with van der Waals surface area (Å²) in [5.74, 6) is -0.141. The summed E-state index contributed by atoms with van der Waals surface area (Å²) in [6.45, 7) is 6.26. The molecule has 1 aromatic rings. The fourth-order valence-corrected chi connectivity index (χ4v) is 1.27. The van der Waals surface area contributed by atoms with Crippen molar-refractivity contribution < 1.29 is 9.90 Å². The number of aromatic carboxylic acids is 1. The molecule has 1 rings (SSSR count). The van der Waals surface area contributed by atoms with Crippen molar-refractivity contribution in [3.05, 3.63) is 18.0 Å².